The molecule has 0 fully saturated rings. The van der Waals surface area contributed by atoms with Crippen LogP contribution in [-0.4, -0.2) is 21.6 Å². The van der Waals surface area contributed by atoms with Gasteiger partial charge < -0.3 is 4.74 Å². The number of hydrogen-bond acceptors (Lipinski definition) is 4. The van der Waals surface area contributed by atoms with Gasteiger partial charge in [0.25, 0.3) is 0 Å². The maximum atomic E-state index is 5.54. The van der Waals surface area contributed by atoms with Crippen LogP contribution in [0.15, 0.2) is 61.1 Å². The van der Waals surface area contributed by atoms with Gasteiger partial charge >= 0.3 is 0 Å². The molecule has 120 valence electrons. The van der Waals surface area contributed by atoms with E-state index in [9.17, 15) is 0 Å². The van der Waals surface area contributed by atoms with E-state index < -0.39 is 0 Å². The van der Waals surface area contributed by atoms with E-state index in [1.807, 2.05) is 37.4 Å². The Morgan fingerprint density at radius 2 is 1.56 bits per heavy atom. The summed E-state index contributed by atoms with van der Waals surface area (Å²) in [5.74, 6) is 0.873. The Morgan fingerprint density at radius 3 is 2.32 bits per heavy atom. The van der Waals surface area contributed by atoms with Gasteiger partial charge in [-0.1, -0.05) is 6.07 Å². The molecule has 0 aliphatic heterocycles. The van der Waals surface area contributed by atoms with E-state index in [1.165, 1.54) is 5.39 Å². The number of pyridine rings is 1. The summed E-state index contributed by atoms with van der Waals surface area (Å²) in [6.45, 7) is 2.65. The lowest BCUT2D eigenvalue weighted by molar-refractivity contribution is 0.340. The van der Waals surface area contributed by atoms with Crippen molar-refractivity contribution in [2.75, 3.05) is 6.61 Å². The average molecular weight is 325 g/mol. The highest BCUT2D eigenvalue weighted by molar-refractivity contribution is 6.23. The van der Waals surface area contributed by atoms with Crippen molar-refractivity contribution < 1.29 is 4.74 Å². The van der Waals surface area contributed by atoms with Crippen LogP contribution in [0.25, 0.3) is 43.8 Å². The third-order valence-corrected chi connectivity index (χ3v) is 4.57. The summed E-state index contributed by atoms with van der Waals surface area (Å²) in [6, 6.07) is 16.3. The minimum absolute atomic E-state index is 0.663. The Kier molecular flexibility index (Phi) is 3.04. The topological polar surface area (TPSA) is 47.9 Å². The fourth-order valence-corrected chi connectivity index (χ4v) is 3.47. The van der Waals surface area contributed by atoms with Crippen LogP contribution in [0.2, 0.25) is 0 Å². The predicted octanol–water partition coefficient (Wildman–Crippen LogP) is 4.83. The molecule has 0 radical (unpaired) electrons. The summed E-state index contributed by atoms with van der Waals surface area (Å²) >= 11 is 0. The first-order valence-corrected chi connectivity index (χ1v) is 8.33. The summed E-state index contributed by atoms with van der Waals surface area (Å²) in [5, 5.41) is 4.51. The number of benzene rings is 3. The molecule has 4 heteroatoms. The van der Waals surface area contributed by atoms with Crippen LogP contribution < -0.4 is 4.74 Å². The van der Waals surface area contributed by atoms with Crippen LogP contribution in [0.5, 0.6) is 5.75 Å². The summed E-state index contributed by atoms with van der Waals surface area (Å²) in [5.41, 5.74) is 3.97. The Labute approximate surface area is 144 Å². The van der Waals surface area contributed by atoms with Gasteiger partial charge in [-0.05, 0) is 49.4 Å². The SMILES string of the molecule is CCOc1ccc(-c2ncc3ccc4ncnc5ccc2c3c45)cc1. The van der Waals surface area contributed by atoms with Gasteiger partial charge in [0.2, 0.25) is 0 Å². The summed E-state index contributed by atoms with van der Waals surface area (Å²) in [4.78, 5) is 13.6. The molecular weight excluding hydrogens is 310 g/mol. The summed E-state index contributed by atoms with van der Waals surface area (Å²) in [7, 11) is 0. The third kappa shape index (κ3) is 2.11. The molecule has 0 spiro atoms. The molecule has 0 aliphatic carbocycles. The third-order valence-electron chi connectivity index (χ3n) is 4.57. The average Bonchev–Trinajstić information content (AvgIpc) is 2.67. The molecule has 2 heterocycles. The van der Waals surface area contributed by atoms with Gasteiger partial charge in [0.05, 0.1) is 23.3 Å². The van der Waals surface area contributed by atoms with Crippen molar-refractivity contribution in [1.29, 1.82) is 0 Å². The number of nitrogens with zero attached hydrogens (tertiary/aromatic N) is 3. The van der Waals surface area contributed by atoms with Crippen molar-refractivity contribution in [1.82, 2.24) is 15.0 Å². The van der Waals surface area contributed by atoms with E-state index in [-0.39, 0.29) is 0 Å². The van der Waals surface area contributed by atoms with Gasteiger partial charge in [-0.2, -0.15) is 0 Å². The van der Waals surface area contributed by atoms with Crippen LogP contribution >= 0.6 is 0 Å². The van der Waals surface area contributed by atoms with Crippen molar-refractivity contribution in [2.24, 2.45) is 0 Å². The van der Waals surface area contributed by atoms with Crippen LogP contribution in [0.3, 0.4) is 0 Å². The van der Waals surface area contributed by atoms with E-state index in [0.29, 0.717) is 6.61 Å². The zero-order valence-electron chi connectivity index (χ0n) is 13.7. The molecule has 4 nitrogen and oxygen atoms in total. The highest BCUT2D eigenvalue weighted by Crippen LogP contribution is 2.36. The molecule has 0 saturated heterocycles. The normalized spacial score (nSPS) is 11.6. The molecule has 2 aromatic heterocycles. The van der Waals surface area contributed by atoms with E-state index in [4.69, 9.17) is 9.72 Å². The monoisotopic (exact) mass is 325 g/mol. The Balaban J connectivity index is 1.81. The lowest BCUT2D eigenvalue weighted by Gasteiger charge is -2.12. The van der Waals surface area contributed by atoms with E-state index >= 15 is 0 Å². The van der Waals surface area contributed by atoms with E-state index in [1.54, 1.807) is 6.33 Å². The fraction of sp³-hybridized carbons (Fsp3) is 0.0952. The Morgan fingerprint density at radius 1 is 0.800 bits per heavy atom. The van der Waals surface area contributed by atoms with Crippen LogP contribution in [0.4, 0.5) is 0 Å². The molecule has 5 rings (SSSR count). The van der Waals surface area contributed by atoms with Gasteiger partial charge in [0, 0.05) is 33.3 Å². The fourth-order valence-electron chi connectivity index (χ4n) is 3.47. The number of rotatable bonds is 3. The van der Waals surface area contributed by atoms with Crippen molar-refractivity contribution in [3.63, 3.8) is 0 Å². The molecule has 0 N–H and O–H groups in total. The van der Waals surface area contributed by atoms with Crippen molar-refractivity contribution in [3.05, 3.63) is 61.1 Å². The zero-order chi connectivity index (χ0) is 16.8. The molecule has 5 aromatic rings. The van der Waals surface area contributed by atoms with Crippen LogP contribution in [0.1, 0.15) is 6.92 Å². The lowest BCUT2D eigenvalue weighted by Crippen LogP contribution is -1.93. The number of hydrogen-bond donors (Lipinski definition) is 0. The summed E-state index contributed by atoms with van der Waals surface area (Å²) in [6.07, 6.45) is 3.55. The largest absolute Gasteiger partial charge is 0.494 e. The molecule has 3 aromatic carbocycles. The molecule has 0 unspecified atom stereocenters. The van der Waals surface area contributed by atoms with Crippen molar-refractivity contribution in [2.45, 2.75) is 6.92 Å². The molecule has 25 heavy (non-hydrogen) atoms. The Bertz CT molecular complexity index is 1180. The first-order valence-electron chi connectivity index (χ1n) is 8.33. The second-order valence-corrected chi connectivity index (χ2v) is 5.99. The smallest absolute Gasteiger partial charge is 0.119 e. The number of ether oxygens (including phenoxy) is 1. The maximum absolute atomic E-state index is 5.54. The minimum Gasteiger partial charge on any atom is -0.494 e. The minimum atomic E-state index is 0.663. The van der Waals surface area contributed by atoms with E-state index in [0.717, 1.165) is 44.2 Å². The highest BCUT2D eigenvalue weighted by Gasteiger charge is 2.14. The summed E-state index contributed by atoms with van der Waals surface area (Å²) < 4.78 is 5.54. The van der Waals surface area contributed by atoms with Gasteiger partial charge in [0.1, 0.15) is 12.1 Å². The quantitative estimate of drug-likeness (QED) is 0.446. The lowest BCUT2D eigenvalue weighted by atomic mass is 9.96. The second kappa shape index (κ2) is 5.38. The van der Waals surface area contributed by atoms with Gasteiger partial charge in [-0.3, -0.25) is 4.98 Å². The standard InChI is InChI=1S/C21H15N3O/c1-2-25-15-6-3-13(4-7-15)21-16-8-10-18-20-17(23-12-24-18)9-5-14(11-22-21)19(16)20/h3-12H,2H2,1H3. The highest BCUT2D eigenvalue weighted by atomic mass is 16.5. The van der Waals surface area contributed by atoms with E-state index in [2.05, 4.69) is 34.2 Å². The van der Waals surface area contributed by atoms with Crippen LogP contribution in [-0.2, 0) is 0 Å². The molecule has 0 aliphatic rings. The molecule has 0 amide bonds. The van der Waals surface area contributed by atoms with Crippen molar-refractivity contribution >= 4 is 32.6 Å². The van der Waals surface area contributed by atoms with Gasteiger partial charge in [-0.15, -0.1) is 0 Å². The molecule has 0 bridgehead atoms. The van der Waals surface area contributed by atoms with Crippen molar-refractivity contribution in [3.8, 4) is 17.0 Å². The first kappa shape index (κ1) is 14.1. The molecule has 0 saturated carbocycles. The zero-order valence-corrected chi connectivity index (χ0v) is 13.7. The predicted molar refractivity (Wildman–Crippen MR) is 100 cm³/mol. The van der Waals surface area contributed by atoms with Crippen LogP contribution in [0, 0.1) is 0 Å². The first-order chi connectivity index (χ1) is 12.3. The second-order valence-electron chi connectivity index (χ2n) is 5.99. The molecular formula is C21H15N3O. The Hall–Kier alpha value is -3.27. The maximum Gasteiger partial charge on any atom is 0.119 e. The van der Waals surface area contributed by atoms with Gasteiger partial charge in [-0.25, -0.2) is 9.97 Å². The van der Waals surface area contributed by atoms with Gasteiger partial charge in [0.15, 0.2) is 0 Å². The molecule has 0 atom stereocenters. The number of aromatic nitrogens is 3.